The molecule has 1 nitrogen and oxygen atoms in total. The minimum Gasteiger partial charge on any atom is -0.328 e. The summed E-state index contributed by atoms with van der Waals surface area (Å²) in [5.41, 5.74) is 8.80. The van der Waals surface area contributed by atoms with Crippen molar-refractivity contribution in [3.63, 3.8) is 0 Å². The molecule has 0 spiro atoms. The van der Waals surface area contributed by atoms with Gasteiger partial charge in [0.1, 0.15) is 0 Å². The van der Waals surface area contributed by atoms with Gasteiger partial charge in [-0.1, -0.05) is 51.5 Å². The van der Waals surface area contributed by atoms with E-state index in [0.29, 0.717) is 11.8 Å². The molecule has 2 atom stereocenters. The Labute approximate surface area is 100 Å². The first kappa shape index (κ1) is 13.2. The Morgan fingerprint density at radius 2 is 1.62 bits per heavy atom. The maximum Gasteiger partial charge on any atom is 0.00418 e. The molecular formula is C15H25N. The van der Waals surface area contributed by atoms with E-state index in [1.165, 1.54) is 11.1 Å². The molecule has 0 aromatic heterocycles. The highest BCUT2D eigenvalue weighted by Crippen LogP contribution is 2.18. The molecule has 1 rings (SSSR count). The fraction of sp³-hybridized carbons (Fsp3) is 0.600. The Morgan fingerprint density at radius 3 is 2.00 bits per heavy atom. The maximum absolute atomic E-state index is 5.97. The fourth-order valence-electron chi connectivity index (χ4n) is 2.04. The predicted molar refractivity (Wildman–Crippen MR) is 71.7 cm³/mol. The van der Waals surface area contributed by atoms with E-state index in [1.54, 1.807) is 0 Å². The van der Waals surface area contributed by atoms with Gasteiger partial charge in [0, 0.05) is 6.04 Å². The average molecular weight is 219 g/mol. The zero-order valence-electron chi connectivity index (χ0n) is 11.0. The first-order chi connectivity index (χ1) is 7.54. The normalized spacial score (nSPS) is 15.1. The zero-order valence-corrected chi connectivity index (χ0v) is 11.0. The van der Waals surface area contributed by atoms with Gasteiger partial charge >= 0.3 is 0 Å². The third-order valence-electron chi connectivity index (χ3n) is 3.41. The van der Waals surface area contributed by atoms with E-state index in [9.17, 15) is 0 Å². The Balaban J connectivity index is 2.67. The zero-order chi connectivity index (χ0) is 12.1. The van der Waals surface area contributed by atoms with Crippen LogP contribution in [0.15, 0.2) is 24.3 Å². The first-order valence-corrected chi connectivity index (χ1v) is 6.39. The van der Waals surface area contributed by atoms with Crippen molar-refractivity contribution in [3.8, 4) is 0 Å². The van der Waals surface area contributed by atoms with Crippen molar-refractivity contribution in [1.29, 1.82) is 0 Å². The van der Waals surface area contributed by atoms with Crippen molar-refractivity contribution in [3.05, 3.63) is 35.4 Å². The summed E-state index contributed by atoms with van der Waals surface area (Å²) in [6.07, 6.45) is 2.26. The monoisotopic (exact) mass is 219 g/mol. The van der Waals surface area contributed by atoms with E-state index in [2.05, 4.69) is 52.0 Å². The molecule has 0 bridgehead atoms. The van der Waals surface area contributed by atoms with Gasteiger partial charge in [-0.05, 0) is 36.3 Å². The number of hydrogen-bond acceptors (Lipinski definition) is 1. The quantitative estimate of drug-likeness (QED) is 0.802. The summed E-state index contributed by atoms with van der Waals surface area (Å²) in [5, 5.41) is 0. The fourth-order valence-corrected chi connectivity index (χ4v) is 2.04. The van der Waals surface area contributed by atoms with Gasteiger partial charge in [0.05, 0.1) is 0 Å². The van der Waals surface area contributed by atoms with E-state index >= 15 is 0 Å². The van der Waals surface area contributed by atoms with E-state index < -0.39 is 0 Å². The lowest BCUT2D eigenvalue weighted by Crippen LogP contribution is -2.27. The largest absolute Gasteiger partial charge is 0.328 e. The molecule has 1 aromatic carbocycles. The summed E-state index contributed by atoms with van der Waals surface area (Å²) in [5.74, 6) is 1.22. The Bertz CT molecular complexity index is 298. The van der Waals surface area contributed by atoms with Crippen molar-refractivity contribution < 1.29 is 0 Å². The highest BCUT2D eigenvalue weighted by molar-refractivity contribution is 5.25. The summed E-state index contributed by atoms with van der Waals surface area (Å²) < 4.78 is 0. The van der Waals surface area contributed by atoms with Crippen LogP contribution in [0.3, 0.4) is 0 Å². The molecule has 0 fully saturated rings. The van der Waals surface area contributed by atoms with E-state index in [1.807, 2.05) is 0 Å². The number of hydrogen-bond donors (Lipinski definition) is 1. The van der Waals surface area contributed by atoms with Crippen LogP contribution in [0.1, 0.15) is 51.2 Å². The lowest BCUT2D eigenvalue weighted by molar-refractivity contribution is 0.427. The minimum atomic E-state index is 0.287. The van der Waals surface area contributed by atoms with Crippen LogP contribution in [0.2, 0.25) is 0 Å². The SMILES string of the molecule is CCC(Cc1ccc(C(C)C)cc1)C(C)N. The molecule has 0 saturated heterocycles. The van der Waals surface area contributed by atoms with Gasteiger partial charge in [-0.3, -0.25) is 0 Å². The van der Waals surface area contributed by atoms with Crippen molar-refractivity contribution in [1.82, 2.24) is 0 Å². The van der Waals surface area contributed by atoms with Crippen molar-refractivity contribution >= 4 is 0 Å². The summed E-state index contributed by atoms with van der Waals surface area (Å²) in [4.78, 5) is 0. The molecular weight excluding hydrogens is 194 g/mol. The molecule has 2 unspecified atom stereocenters. The summed E-state index contributed by atoms with van der Waals surface area (Å²) >= 11 is 0. The predicted octanol–water partition coefficient (Wildman–Crippen LogP) is 3.73. The molecule has 0 heterocycles. The Hall–Kier alpha value is -0.820. The molecule has 16 heavy (non-hydrogen) atoms. The van der Waals surface area contributed by atoms with Gasteiger partial charge in [-0.15, -0.1) is 0 Å². The molecule has 2 N–H and O–H groups in total. The molecule has 0 aliphatic rings. The highest BCUT2D eigenvalue weighted by atomic mass is 14.6. The Morgan fingerprint density at radius 1 is 1.06 bits per heavy atom. The van der Waals surface area contributed by atoms with Crippen LogP contribution >= 0.6 is 0 Å². The average Bonchev–Trinajstić information content (AvgIpc) is 2.26. The minimum absolute atomic E-state index is 0.287. The van der Waals surface area contributed by atoms with Gasteiger partial charge in [-0.2, -0.15) is 0 Å². The van der Waals surface area contributed by atoms with Crippen molar-refractivity contribution in [2.45, 2.75) is 52.5 Å². The van der Waals surface area contributed by atoms with Crippen LogP contribution < -0.4 is 5.73 Å². The molecule has 0 saturated carbocycles. The van der Waals surface area contributed by atoms with Crippen LogP contribution in [0.5, 0.6) is 0 Å². The van der Waals surface area contributed by atoms with Gasteiger partial charge in [0.2, 0.25) is 0 Å². The van der Waals surface area contributed by atoms with Gasteiger partial charge in [0.25, 0.3) is 0 Å². The standard InChI is InChI=1S/C15H25N/c1-5-14(12(4)16)10-13-6-8-15(9-7-13)11(2)3/h6-9,11-12,14H,5,10,16H2,1-4H3. The first-order valence-electron chi connectivity index (χ1n) is 6.39. The summed E-state index contributed by atoms with van der Waals surface area (Å²) in [6.45, 7) is 8.78. The third kappa shape index (κ3) is 3.64. The van der Waals surface area contributed by atoms with Crippen LogP contribution in [0, 0.1) is 5.92 Å². The number of nitrogens with two attached hydrogens (primary N) is 1. The van der Waals surface area contributed by atoms with Gasteiger partial charge in [-0.25, -0.2) is 0 Å². The lowest BCUT2D eigenvalue weighted by Gasteiger charge is -2.19. The molecule has 90 valence electrons. The molecule has 1 heteroatoms. The third-order valence-corrected chi connectivity index (χ3v) is 3.41. The van der Waals surface area contributed by atoms with E-state index in [4.69, 9.17) is 5.73 Å². The van der Waals surface area contributed by atoms with Crippen molar-refractivity contribution in [2.24, 2.45) is 11.7 Å². The molecule has 0 radical (unpaired) electrons. The molecule has 0 aliphatic carbocycles. The maximum atomic E-state index is 5.97. The topological polar surface area (TPSA) is 26.0 Å². The van der Waals surface area contributed by atoms with E-state index in [-0.39, 0.29) is 6.04 Å². The second kappa shape index (κ2) is 6.05. The summed E-state index contributed by atoms with van der Waals surface area (Å²) in [7, 11) is 0. The molecule has 0 aliphatic heterocycles. The molecule has 1 aromatic rings. The molecule has 0 amide bonds. The van der Waals surface area contributed by atoms with Crippen LogP contribution in [0.25, 0.3) is 0 Å². The van der Waals surface area contributed by atoms with Crippen molar-refractivity contribution in [2.75, 3.05) is 0 Å². The van der Waals surface area contributed by atoms with Crippen LogP contribution in [0.4, 0.5) is 0 Å². The van der Waals surface area contributed by atoms with Gasteiger partial charge in [0.15, 0.2) is 0 Å². The second-order valence-corrected chi connectivity index (χ2v) is 5.13. The van der Waals surface area contributed by atoms with Gasteiger partial charge < -0.3 is 5.73 Å². The van der Waals surface area contributed by atoms with Crippen LogP contribution in [-0.2, 0) is 6.42 Å². The number of rotatable bonds is 5. The summed E-state index contributed by atoms with van der Waals surface area (Å²) in [6, 6.07) is 9.28. The smallest absolute Gasteiger partial charge is 0.00418 e. The van der Waals surface area contributed by atoms with Crippen LogP contribution in [-0.4, -0.2) is 6.04 Å². The Kier molecular flexibility index (Phi) is 5.01. The lowest BCUT2D eigenvalue weighted by atomic mass is 9.90. The second-order valence-electron chi connectivity index (χ2n) is 5.13. The number of benzene rings is 1. The highest BCUT2D eigenvalue weighted by Gasteiger charge is 2.12. The van der Waals surface area contributed by atoms with E-state index in [0.717, 1.165) is 12.8 Å².